The van der Waals surface area contributed by atoms with Gasteiger partial charge in [-0.15, -0.1) is 0 Å². The predicted molar refractivity (Wildman–Crippen MR) is 102 cm³/mol. The molecule has 28 heavy (non-hydrogen) atoms. The quantitative estimate of drug-likeness (QED) is 0.563. The fourth-order valence-electron chi connectivity index (χ4n) is 2.74. The highest BCUT2D eigenvalue weighted by molar-refractivity contribution is 7.91. The minimum atomic E-state index is -3.55. The Morgan fingerprint density at radius 3 is 2.43 bits per heavy atom. The fourth-order valence-corrected chi connectivity index (χ4v) is 4.02. The standard InChI is InChI=1S/C20H16N4O3S/c25-20(18-14-24-11-10-21-19(24)13-22-18)23-12-15-6-8-17(9-7-15)28(26,27)16-4-2-1-3-5-16/h1-11,13-14H,12H2,(H,23,25). The van der Waals surface area contributed by atoms with Crippen LogP contribution in [0.5, 0.6) is 0 Å². The molecule has 2 aromatic carbocycles. The normalized spacial score (nSPS) is 11.4. The van der Waals surface area contributed by atoms with Crippen molar-refractivity contribution in [2.24, 2.45) is 0 Å². The van der Waals surface area contributed by atoms with Gasteiger partial charge in [-0.3, -0.25) is 4.79 Å². The van der Waals surface area contributed by atoms with Gasteiger partial charge in [-0.25, -0.2) is 18.4 Å². The molecule has 0 saturated carbocycles. The maximum atomic E-state index is 12.6. The molecule has 0 fully saturated rings. The van der Waals surface area contributed by atoms with Gasteiger partial charge < -0.3 is 9.72 Å². The van der Waals surface area contributed by atoms with Gasteiger partial charge in [0.05, 0.1) is 16.0 Å². The molecule has 0 aliphatic heterocycles. The molecule has 7 nitrogen and oxygen atoms in total. The summed E-state index contributed by atoms with van der Waals surface area (Å²) in [6.45, 7) is 0.258. The summed E-state index contributed by atoms with van der Waals surface area (Å²) in [7, 11) is -3.55. The van der Waals surface area contributed by atoms with Crippen molar-refractivity contribution >= 4 is 21.4 Å². The lowest BCUT2D eigenvalue weighted by molar-refractivity contribution is 0.0945. The Morgan fingerprint density at radius 1 is 0.964 bits per heavy atom. The van der Waals surface area contributed by atoms with E-state index in [0.717, 1.165) is 5.56 Å². The number of carbonyl (C=O) groups excluding carboxylic acids is 1. The zero-order valence-corrected chi connectivity index (χ0v) is 15.5. The van der Waals surface area contributed by atoms with Crippen LogP contribution in [0, 0.1) is 0 Å². The SMILES string of the molecule is O=C(NCc1ccc(S(=O)(=O)c2ccccc2)cc1)c1cn2ccnc2cn1. The van der Waals surface area contributed by atoms with Gasteiger partial charge in [0.2, 0.25) is 9.84 Å². The highest BCUT2D eigenvalue weighted by Gasteiger charge is 2.17. The van der Waals surface area contributed by atoms with Crippen LogP contribution in [0.2, 0.25) is 0 Å². The highest BCUT2D eigenvalue weighted by atomic mass is 32.2. The predicted octanol–water partition coefficient (Wildman–Crippen LogP) is 2.49. The van der Waals surface area contributed by atoms with Crippen LogP contribution in [0.25, 0.3) is 5.65 Å². The highest BCUT2D eigenvalue weighted by Crippen LogP contribution is 2.20. The third kappa shape index (κ3) is 3.49. The van der Waals surface area contributed by atoms with Crippen LogP contribution in [0.4, 0.5) is 0 Å². The molecule has 2 aromatic heterocycles. The number of imidazole rings is 1. The van der Waals surface area contributed by atoms with Gasteiger partial charge >= 0.3 is 0 Å². The number of rotatable bonds is 5. The third-order valence-electron chi connectivity index (χ3n) is 4.25. The van der Waals surface area contributed by atoms with Gasteiger partial charge in [0.1, 0.15) is 5.69 Å². The molecule has 4 rings (SSSR count). The number of hydrogen-bond donors (Lipinski definition) is 1. The van der Waals surface area contributed by atoms with Crippen LogP contribution in [0.1, 0.15) is 16.1 Å². The van der Waals surface area contributed by atoms with Gasteiger partial charge in [-0.05, 0) is 29.8 Å². The topological polar surface area (TPSA) is 93.4 Å². The van der Waals surface area contributed by atoms with E-state index >= 15 is 0 Å². The summed E-state index contributed by atoms with van der Waals surface area (Å²) >= 11 is 0. The van der Waals surface area contributed by atoms with E-state index in [2.05, 4.69) is 15.3 Å². The summed E-state index contributed by atoms with van der Waals surface area (Å²) in [5, 5.41) is 2.78. The molecule has 0 bridgehead atoms. The molecule has 140 valence electrons. The Balaban J connectivity index is 1.45. The molecule has 1 N–H and O–H groups in total. The second kappa shape index (κ2) is 7.24. The summed E-state index contributed by atoms with van der Waals surface area (Å²) in [5.74, 6) is -0.323. The summed E-state index contributed by atoms with van der Waals surface area (Å²) < 4.78 is 26.9. The molecular formula is C20H16N4O3S. The molecule has 0 saturated heterocycles. The first-order valence-electron chi connectivity index (χ1n) is 8.50. The first-order chi connectivity index (χ1) is 13.5. The van der Waals surface area contributed by atoms with Crippen LogP contribution in [-0.4, -0.2) is 28.7 Å². The summed E-state index contributed by atoms with van der Waals surface area (Å²) in [6.07, 6.45) is 6.49. The molecule has 0 atom stereocenters. The smallest absolute Gasteiger partial charge is 0.271 e. The average Bonchev–Trinajstić information content (AvgIpc) is 3.21. The molecule has 0 radical (unpaired) electrons. The van der Waals surface area contributed by atoms with Crippen molar-refractivity contribution in [3.05, 3.63) is 90.6 Å². The number of nitrogens with one attached hydrogen (secondary N) is 1. The summed E-state index contributed by atoms with van der Waals surface area (Å²) in [6, 6.07) is 14.7. The Morgan fingerprint density at radius 2 is 1.68 bits per heavy atom. The van der Waals surface area contributed by atoms with Crippen molar-refractivity contribution in [1.82, 2.24) is 19.7 Å². The Kier molecular flexibility index (Phi) is 4.62. The first-order valence-corrected chi connectivity index (χ1v) is 9.98. The van der Waals surface area contributed by atoms with Crippen LogP contribution in [-0.2, 0) is 16.4 Å². The number of fused-ring (bicyclic) bond motifs is 1. The molecule has 8 heteroatoms. The van der Waals surface area contributed by atoms with E-state index in [-0.39, 0.29) is 27.9 Å². The van der Waals surface area contributed by atoms with Crippen molar-refractivity contribution < 1.29 is 13.2 Å². The van der Waals surface area contributed by atoms with Gasteiger partial charge in [0.15, 0.2) is 5.65 Å². The maximum absolute atomic E-state index is 12.6. The summed E-state index contributed by atoms with van der Waals surface area (Å²) in [4.78, 5) is 20.9. The minimum absolute atomic E-state index is 0.209. The molecule has 4 aromatic rings. The van der Waals surface area contributed by atoms with Gasteiger partial charge in [-0.2, -0.15) is 0 Å². The number of aromatic nitrogens is 3. The fraction of sp³-hybridized carbons (Fsp3) is 0.0500. The van der Waals surface area contributed by atoms with Crippen molar-refractivity contribution in [2.75, 3.05) is 0 Å². The van der Waals surface area contributed by atoms with E-state index in [9.17, 15) is 13.2 Å². The molecule has 0 unspecified atom stereocenters. The number of sulfone groups is 1. The number of hydrogen-bond acceptors (Lipinski definition) is 5. The second-order valence-corrected chi connectivity index (χ2v) is 8.06. The van der Waals surface area contributed by atoms with Crippen LogP contribution in [0.15, 0.2) is 89.2 Å². The van der Waals surface area contributed by atoms with Gasteiger partial charge in [0, 0.05) is 25.1 Å². The molecule has 0 spiro atoms. The van der Waals surface area contributed by atoms with E-state index in [4.69, 9.17) is 0 Å². The van der Waals surface area contributed by atoms with Crippen LogP contribution >= 0.6 is 0 Å². The zero-order chi connectivity index (χ0) is 19.6. The largest absolute Gasteiger partial charge is 0.347 e. The van der Waals surface area contributed by atoms with Crippen LogP contribution in [0.3, 0.4) is 0 Å². The van der Waals surface area contributed by atoms with Crippen molar-refractivity contribution in [3.8, 4) is 0 Å². The summed E-state index contributed by atoms with van der Waals surface area (Å²) in [5.41, 5.74) is 1.71. The van der Waals surface area contributed by atoms with Crippen molar-refractivity contribution in [2.45, 2.75) is 16.3 Å². The van der Waals surface area contributed by atoms with Crippen molar-refractivity contribution in [3.63, 3.8) is 0 Å². The number of benzene rings is 2. The number of carbonyl (C=O) groups is 1. The lowest BCUT2D eigenvalue weighted by atomic mass is 10.2. The monoisotopic (exact) mass is 392 g/mol. The maximum Gasteiger partial charge on any atom is 0.271 e. The Labute approximate surface area is 161 Å². The average molecular weight is 392 g/mol. The molecular weight excluding hydrogens is 376 g/mol. The molecule has 1 amide bonds. The van der Waals surface area contributed by atoms with E-state index in [1.165, 1.54) is 6.20 Å². The molecule has 0 aliphatic rings. The van der Waals surface area contributed by atoms with Crippen molar-refractivity contribution in [1.29, 1.82) is 0 Å². The number of amides is 1. The Hall–Kier alpha value is -3.52. The third-order valence-corrected chi connectivity index (χ3v) is 6.04. The minimum Gasteiger partial charge on any atom is -0.347 e. The molecule has 0 aliphatic carbocycles. The first kappa shape index (κ1) is 17.9. The molecule has 2 heterocycles. The Bertz CT molecular complexity index is 1230. The number of nitrogens with zero attached hydrogens (tertiary/aromatic N) is 3. The van der Waals surface area contributed by atoms with Gasteiger partial charge in [0.25, 0.3) is 5.91 Å². The van der Waals surface area contributed by atoms with Crippen LogP contribution < -0.4 is 5.32 Å². The lowest BCUT2D eigenvalue weighted by Gasteiger charge is -2.08. The van der Waals surface area contributed by atoms with E-state index < -0.39 is 9.84 Å². The zero-order valence-electron chi connectivity index (χ0n) is 14.7. The van der Waals surface area contributed by atoms with Gasteiger partial charge in [-0.1, -0.05) is 30.3 Å². The second-order valence-electron chi connectivity index (χ2n) is 6.11. The van der Waals surface area contributed by atoms with E-state index in [0.29, 0.717) is 5.65 Å². The van der Waals surface area contributed by atoms with E-state index in [1.54, 1.807) is 77.6 Å². The van der Waals surface area contributed by atoms with E-state index in [1.807, 2.05) is 0 Å². The lowest BCUT2D eigenvalue weighted by Crippen LogP contribution is -2.24.